The number of carboxylic acid groups (broad SMARTS) is 1. The number of ether oxygens (including phenoxy) is 1. The number of benzene rings is 3. The molecule has 2 atom stereocenters. The number of carbonyl (C=O) groups is 2. The molecule has 0 radical (unpaired) electrons. The van der Waals surface area contributed by atoms with Gasteiger partial charge in [0, 0.05) is 0 Å². The molecule has 0 bridgehead atoms. The predicted molar refractivity (Wildman–Crippen MR) is 148 cm³/mol. The Hall–Kier alpha value is -3.97. The molecule has 0 aliphatic carbocycles. The Labute approximate surface area is 221 Å². The van der Waals surface area contributed by atoms with Gasteiger partial charge in [0.1, 0.15) is 6.10 Å². The standard InChI is InChI=1S/C30H30N2O4S/c1-18(2)26(29(33)34)24-14-10-22(11-15-24)23-12-16-25(17-13-23)28-27(19(3)32-37-28)31-30(35)36-20(4)21-8-6-5-7-9-21/h5-18,20,26H,1-4H3,(H,31,35)(H,33,34). The maximum absolute atomic E-state index is 12.6. The molecule has 190 valence electrons. The lowest BCUT2D eigenvalue weighted by atomic mass is 9.87. The number of hydrogen-bond donors (Lipinski definition) is 2. The molecular formula is C30H30N2O4S. The zero-order valence-corrected chi connectivity index (χ0v) is 22.1. The second-order valence-corrected chi connectivity index (χ2v) is 10.1. The van der Waals surface area contributed by atoms with Gasteiger partial charge in [-0.05, 0) is 59.1 Å². The number of amides is 1. The Balaban J connectivity index is 1.49. The zero-order valence-electron chi connectivity index (χ0n) is 21.3. The van der Waals surface area contributed by atoms with Gasteiger partial charge in [0.2, 0.25) is 0 Å². The van der Waals surface area contributed by atoms with E-state index in [0.29, 0.717) is 5.69 Å². The van der Waals surface area contributed by atoms with Gasteiger partial charge in [-0.1, -0.05) is 92.7 Å². The molecule has 1 amide bonds. The summed E-state index contributed by atoms with van der Waals surface area (Å²) in [5.74, 6) is -1.33. The number of nitrogens with one attached hydrogen (secondary N) is 1. The van der Waals surface area contributed by atoms with E-state index in [1.807, 2.05) is 107 Å². The Kier molecular flexibility index (Phi) is 8.04. The average molecular weight is 515 g/mol. The van der Waals surface area contributed by atoms with Crippen LogP contribution in [0.2, 0.25) is 0 Å². The minimum atomic E-state index is -0.810. The normalized spacial score (nSPS) is 12.7. The quantitative estimate of drug-likeness (QED) is 0.249. The summed E-state index contributed by atoms with van der Waals surface area (Å²) in [6.45, 7) is 7.52. The molecule has 4 rings (SSSR count). The van der Waals surface area contributed by atoms with Crippen LogP contribution in [-0.4, -0.2) is 21.5 Å². The van der Waals surface area contributed by atoms with Crippen LogP contribution in [0.3, 0.4) is 0 Å². The van der Waals surface area contributed by atoms with E-state index in [1.54, 1.807) is 0 Å². The van der Waals surface area contributed by atoms with Gasteiger partial charge in [-0.2, -0.15) is 4.37 Å². The Morgan fingerprint density at radius 3 is 1.97 bits per heavy atom. The van der Waals surface area contributed by atoms with Crippen molar-refractivity contribution < 1.29 is 19.4 Å². The number of nitrogens with zero attached hydrogens (tertiary/aromatic N) is 1. The third-order valence-electron chi connectivity index (χ3n) is 6.33. The summed E-state index contributed by atoms with van der Waals surface area (Å²) in [5, 5.41) is 12.4. The summed E-state index contributed by atoms with van der Waals surface area (Å²) in [6, 6.07) is 25.3. The van der Waals surface area contributed by atoms with Gasteiger partial charge in [0.25, 0.3) is 0 Å². The molecule has 0 saturated heterocycles. The molecule has 0 spiro atoms. The first kappa shape index (κ1) is 26.1. The van der Waals surface area contributed by atoms with E-state index in [-0.39, 0.29) is 12.0 Å². The van der Waals surface area contributed by atoms with Gasteiger partial charge >= 0.3 is 12.1 Å². The van der Waals surface area contributed by atoms with Crippen LogP contribution < -0.4 is 5.32 Å². The summed E-state index contributed by atoms with van der Waals surface area (Å²) >= 11 is 1.32. The van der Waals surface area contributed by atoms with Crippen molar-refractivity contribution in [3.63, 3.8) is 0 Å². The topological polar surface area (TPSA) is 88.5 Å². The summed E-state index contributed by atoms with van der Waals surface area (Å²) in [4.78, 5) is 25.1. The number of hydrogen-bond acceptors (Lipinski definition) is 5. The predicted octanol–water partition coefficient (Wildman–Crippen LogP) is 7.92. The molecule has 0 fully saturated rings. The van der Waals surface area contributed by atoms with Gasteiger partial charge in [0.15, 0.2) is 0 Å². The van der Waals surface area contributed by atoms with Crippen LogP contribution in [-0.2, 0) is 9.53 Å². The minimum Gasteiger partial charge on any atom is -0.481 e. The SMILES string of the molecule is Cc1nsc(-c2ccc(-c3ccc(C(C(=O)O)C(C)C)cc3)cc2)c1NC(=O)OC(C)c1ccccc1. The number of anilines is 1. The molecule has 4 aromatic rings. The average Bonchev–Trinajstić information content (AvgIpc) is 3.24. The number of rotatable bonds is 8. The van der Waals surface area contributed by atoms with Crippen molar-refractivity contribution in [2.75, 3.05) is 5.32 Å². The van der Waals surface area contributed by atoms with Crippen molar-refractivity contribution in [3.8, 4) is 21.6 Å². The third kappa shape index (κ3) is 6.06. The highest BCUT2D eigenvalue weighted by Crippen LogP contribution is 2.36. The molecule has 3 aromatic carbocycles. The first-order valence-corrected chi connectivity index (χ1v) is 12.9. The molecule has 0 saturated carbocycles. The summed E-state index contributed by atoms with van der Waals surface area (Å²) < 4.78 is 10.0. The number of aliphatic carboxylic acids is 1. The molecule has 0 aliphatic heterocycles. The molecule has 0 aliphatic rings. The van der Waals surface area contributed by atoms with Crippen molar-refractivity contribution in [3.05, 3.63) is 95.7 Å². The van der Waals surface area contributed by atoms with Crippen molar-refractivity contribution in [1.82, 2.24) is 4.37 Å². The van der Waals surface area contributed by atoms with E-state index < -0.39 is 18.0 Å². The van der Waals surface area contributed by atoms with Crippen LogP contribution >= 0.6 is 11.5 Å². The number of aromatic nitrogens is 1. The molecule has 1 aromatic heterocycles. The van der Waals surface area contributed by atoms with E-state index in [2.05, 4.69) is 9.69 Å². The highest BCUT2D eigenvalue weighted by Gasteiger charge is 2.23. The van der Waals surface area contributed by atoms with Crippen LogP contribution in [0.15, 0.2) is 78.9 Å². The fourth-order valence-electron chi connectivity index (χ4n) is 4.31. The van der Waals surface area contributed by atoms with E-state index in [0.717, 1.165) is 38.4 Å². The summed E-state index contributed by atoms with van der Waals surface area (Å²) in [7, 11) is 0. The van der Waals surface area contributed by atoms with Crippen LogP contribution in [0.1, 0.15) is 49.6 Å². The Bertz CT molecular complexity index is 1360. The molecule has 1 heterocycles. The maximum atomic E-state index is 12.6. The molecule has 2 unspecified atom stereocenters. The van der Waals surface area contributed by atoms with Gasteiger partial charge in [-0.25, -0.2) is 4.79 Å². The molecule has 2 N–H and O–H groups in total. The highest BCUT2D eigenvalue weighted by atomic mass is 32.1. The lowest BCUT2D eigenvalue weighted by Crippen LogP contribution is -2.17. The smallest absolute Gasteiger partial charge is 0.412 e. The second kappa shape index (κ2) is 11.4. The second-order valence-electron chi connectivity index (χ2n) is 9.31. The largest absolute Gasteiger partial charge is 0.481 e. The van der Waals surface area contributed by atoms with Crippen molar-refractivity contribution in [2.24, 2.45) is 5.92 Å². The molecular weight excluding hydrogens is 484 g/mol. The van der Waals surface area contributed by atoms with E-state index in [1.165, 1.54) is 11.5 Å². The van der Waals surface area contributed by atoms with Crippen LogP contribution in [0.4, 0.5) is 10.5 Å². The third-order valence-corrected chi connectivity index (χ3v) is 7.31. The maximum Gasteiger partial charge on any atom is 0.412 e. The van der Waals surface area contributed by atoms with Crippen molar-refractivity contribution in [1.29, 1.82) is 0 Å². The number of carbonyl (C=O) groups excluding carboxylic acids is 1. The summed E-state index contributed by atoms with van der Waals surface area (Å²) in [5.41, 5.74) is 6.03. The van der Waals surface area contributed by atoms with Crippen LogP contribution in [0, 0.1) is 12.8 Å². The monoisotopic (exact) mass is 514 g/mol. The summed E-state index contributed by atoms with van der Waals surface area (Å²) in [6.07, 6.45) is -0.910. The minimum absolute atomic E-state index is 0.00660. The molecule has 7 heteroatoms. The number of aryl methyl sites for hydroxylation is 1. The first-order chi connectivity index (χ1) is 17.7. The Morgan fingerprint density at radius 2 is 1.41 bits per heavy atom. The van der Waals surface area contributed by atoms with Crippen LogP contribution in [0.5, 0.6) is 0 Å². The molecule has 37 heavy (non-hydrogen) atoms. The van der Waals surface area contributed by atoms with Gasteiger partial charge in [-0.3, -0.25) is 10.1 Å². The Morgan fingerprint density at radius 1 is 0.838 bits per heavy atom. The van der Waals surface area contributed by atoms with Gasteiger partial charge in [0.05, 0.1) is 22.2 Å². The fourth-order valence-corrected chi connectivity index (χ4v) is 5.16. The lowest BCUT2D eigenvalue weighted by molar-refractivity contribution is -0.139. The number of carboxylic acids is 1. The van der Waals surface area contributed by atoms with Crippen molar-refractivity contribution in [2.45, 2.75) is 39.7 Å². The molecule has 6 nitrogen and oxygen atoms in total. The van der Waals surface area contributed by atoms with E-state index in [4.69, 9.17) is 4.74 Å². The van der Waals surface area contributed by atoms with Gasteiger partial charge < -0.3 is 9.84 Å². The lowest BCUT2D eigenvalue weighted by Gasteiger charge is -2.17. The fraction of sp³-hybridized carbons (Fsp3) is 0.233. The van der Waals surface area contributed by atoms with Gasteiger partial charge in [-0.15, -0.1) is 0 Å². The van der Waals surface area contributed by atoms with E-state index in [9.17, 15) is 14.7 Å². The zero-order chi connectivity index (χ0) is 26.5. The van der Waals surface area contributed by atoms with Crippen molar-refractivity contribution >= 4 is 29.3 Å². The van der Waals surface area contributed by atoms with E-state index >= 15 is 0 Å². The first-order valence-electron chi connectivity index (χ1n) is 12.2. The van der Waals surface area contributed by atoms with Crippen LogP contribution in [0.25, 0.3) is 21.6 Å². The highest BCUT2D eigenvalue weighted by molar-refractivity contribution is 7.10.